The maximum absolute atomic E-state index is 12.2. The topological polar surface area (TPSA) is 116 Å². The Morgan fingerprint density at radius 1 is 1.20 bits per heavy atom. The third kappa shape index (κ3) is 2.81. The van der Waals surface area contributed by atoms with Crippen molar-refractivity contribution in [3.05, 3.63) is 48.0 Å². The summed E-state index contributed by atoms with van der Waals surface area (Å²) in [5, 5.41) is 18.0. The lowest BCUT2D eigenvalue weighted by atomic mass is 10.2. The fourth-order valence-electron chi connectivity index (χ4n) is 1.58. The molecule has 0 radical (unpaired) electrons. The zero-order valence-corrected chi connectivity index (χ0v) is 11.1. The maximum atomic E-state index is 12.2. The van der Waals surface area contributed by atoms with E-state index < -0.39 is 10.0 Å². The van der Waals surface area contributed by atoms with E-state index in [0.29, 0.717) is 0 Å². The Morgan fingerprint density at radius 2 is 1.95 bits per heavy atom. The van der Waals surface area contributed by atoms with Gasteiger partial charge >= 0.3 is 0 Å². The highest BCUT2D eigenvalue weighted by Crippen LogP contribution is 2.26. The minimum atomic E-state index is -3.84. The number of phenols is 1. The monoisotopic (exact) mass is 289 g/mol. The standard InChI is InChI=1S/C13H11N3O3S/c14-8-9-2-1-3-11(6-9)20(18,19)16-13-5-4-10(17)7-12(13)15/h1-7,16-17H,15H2. The number of nitrogen functional groups attached to an aromatic ring is 1. The number of anilines is 2. The Bertz CT molecular complexity index is 795. The molecule has 4 N–H and O–H groups in total. The molecule has 0 aliphatic rings. The van der Waals surface area contributed by atoms with Crippen LogP contribution in [0.1, 0.15) is 5.56 Å². The fourth-order valence-corrected chi connectivity index (χ4v) is 2.71. The third-order valence-corrected chi connectivity index (χ3v) is 3.92. The van der Waals surface area contributed by atoms with Crippen LogP contribution in [0.25, 0.3) is 0 Å². The number of aromatic hydroxyl groups is 1. The number of benzene rings is 2. The summed E-state index contributed by atoms with van der Waals surface area (Å²) in [6.45, 7) is 0. The Kier molecular flexibility index (Phi) is 3.50. The Hall–Kier alpha value is -2.72. The quantitative estimate of drug-likeness (QED) is 0.586. The van der Waals surface area contributed by atoms with Crippen molar-refractivity contribution in [1.82, 2.24) is 0 Å². The zero-order chi connectivity index (χ0) is 14.8. The summed E-state index contributed by atoms with van der Waals surface area (Å²) in [7, 11) is -3.84. The minimum Gasteiger partial charge on any atom is -0.508 e. The zero-order valence-electron chi connectivity index (χ0n) is 10.2. The van der Waals surface area contributed by atoms with E-state index in [1.807, 2.05) is 6.07 Å². The van der Waals surface area contributed by atoms with Gasteiger partial charge in [-0.2, -0.15) is 5.26 Å². The van der Waals surface area contributed by atoms with Crippen LogP contribution < -0.4 is 10.5 Å². The summed E-state index contributed by atoms with van der Waals surface area (Å²) >= 11 is 0. The first-order valence-corrected chi connectivity index (χ1v) is 7.02. The average Bonchev–Trinajstić information content (AvgIpc) is 2.42. The number of hydrogen-bond donors (Lipinski definition) is 3. The molecule has 0 saturated carbocycles. The summed E-state index contributed by atoms with van der Waals surface area (Å²) in [6, 6.07) is 11.4. The van der Waals surface area contributed by atoms with Crippen molar-refractivity contribution in [2.75, 3.05) is 10.5 Å². The molecule has 0 saturated heterocycles. The SMILES string of the molecule is N#Cc1cccc(S(=O)(=O)Nc2ccc(O)cc2N)c1. The lowest BCUT2D eigenvalue weighted by Crippen LogP contribution is -2.14. The predicted octanol–water partition coefficient (Wildman–Crippen LogP) is 1.65. The van der Waals surface area contributed by atoms with Gasteiger partial charge < -0.3 is 10.8 Å². The van der Waals surface area contributed by atoms with Crippen LogP contribution >= 0.6 is 0 Å². The Balaban J connectivity index is 2.38. The molecule has 0 aliphatic heterocycles. The van der Waals surface area contributed by atoms with Crippen LogP contribution in [-0.4, -0.2) is 13.5 Å². The van der Waals surface area contributed by atoms with Crippen LogP contribution in [0.5, 0.6) is 5.75 Å². The van der Waals surface area contributed by atoms with E-state index in [2.05, 4.69) is 4.72 Å². The van der Waals surface area contributed by atoms with Crippen LogP contribution in [0.15, 0.2) is 47.4 Å². The first kappa shape index (κ1) is 13.7. The van der Waals surface area contributed by atoms with Gasteiger partial charge in [-0.1, -0.05) is 6.07 Å². The van der Waals surface area contributed by atoms with Crippen LogP contribution in [-0.2, 0) is 10.0 Å². The van der Waals surface area contributed by atoms with Crippen LogP contribution in [0.2, 0.25) is 0 Å². The molecule has 2 rings (SSSR count). The van der Waals surface area contributed by atoms with E-state index in [9.17, 15) is 13.5 Å². The van der Waals surface area contributed by atoms with Crippen LogP contribution in [0.4, 0.5) is 11.4 Å². The number of nitriles is 1. The third-order valence-electron chi connectivity index (χ3n) is 2.55. The van der Waals surface area contributed by atoms with Gasteiger partial charge in [-0.15, -0.1) is 0 Å². The Morgan fingerprint density at radius 3 is 2.60 bits per heavy atom. The highest BCUT2D eigenvalue weighted by atomic mass is 32.2. The lowest BCUT2D eigenvalue weighted by Gasteiger charge is -2.10. The van der Waals surface area contributed by atoms with E-state index in [-0.39, 0.29) is 27.6 Å². The predicted molar refractivity (Wildman–Crippen MR) is 74.5 cm³/mol. The number of nitrogens with two attached hydrogens (primary N) is 1. The van der Waals surface area contributed by atoms with Crippen molar-refractivity contribution < 1.29 is 13.5 Å². The molecular weight excluding hydrogens is 278 g/mol. The van der Waals surface area contributed by atoms with Gasteiger partial charge in [0.05, 0.1) is 27.9 Å². The van der Waals surface area contributed by atoms with E-state index in [1.165, 1.54) is 42.5 Å². The van der Waals surface area contributed by atoms with E-state index in [4.69, 9.17) is 11.0 Å². The molecular formula is C13H11N3O3S. The number of rotatable bonds is 3. The largest absolute Gasteiger partial charge is 0.508 e. The molecule has 0 spiro atoms. The molecule has 7 heteroatoms. The number of hydrogen-bond acceptors (Lipinski definition) is 5. The van der Waals surface area contributed by atoms with Gasteiger partial charge in [-0.25, -0.2) is 8.42 Å². The summed E-state index contributed by atoms with van der Waals surface area (Å²) in [5.74, 6) is -0.0584. The van der Waals surface area contributed by atoms with Gasteiger partial charge in [0, 0.05) is 6.07 Å². The fraction of sp³-hybridized carbons (Fsp3) is 0. The lowest BCUT2D eigenvalue weighted by molar-refractivity contribution is 0.475. The first-order chi connectivity index (χ1) is 9.42. The second-order valence-electron chi connectivity index (χ2n) is 4.02. The summed E-state index contributed by atoms with van der Waals surface area (Å²) in [5.41, 5.74) is 6.13. The van der Waals surface area contributed by atoms with Gasteiger partial charge in [0.1, 0.15) is 5.75 Å². The molecule has 2 aromatic rings. The molecule has 102 valence electrons. The molecule has 0 heterocycles. The highest BCUT2D eigenvalue weighted by Gasteiger charge is 2.16. The number of sulfonamides is 1. The molecule has 0 atom stereocenters. The highest BCUT2D eigenvalue weighted by molar-refractivity contribution is 7.92. The van der Waals surface area contributed by atoms with Crippen molar-refractivity contribution >= 4 is 21.4 Å². The van der Waals surface area contributed by atoms with Gasteiger partial charge in [0.15, 0.2) is 0 Å². The second-order valence-corrected chi connectivity index (χ2v) is 5.70. The van der Waals surface area contributed by atoms with Gasteiger partial charge in [0.2, 0.25) is 0 Å². The molecule has 0 amide bonds. The van der Waals surface area contributed by atoms with E-state index in [1.54, 1.807) is 0 Å². The molecule has 0 unspecified atom stereocenters. The van der Waals surface area contributed by atoms with Crippen LogP contribution in [0.3, 0.4) is 0 Å². The van der Waals surface area contributed by atoms with Gasteiger partial charge in [-0.05, 0) is 30.3 Å². The van der Waals surface area contributed by atoms with Gasteiger partial charge in [-0.3, -0.25) is 4.72 Å². The van der Waals surface area contributed by atoms with E-state index >= 15 is 0 Å². The second kappa shape index (κ2) is 5.11. The van der Waals surface area contributed by atoms with Crippen molar-refractivity contribution in [2.45, 2.75) is 4.90 Å². The molecule has 0 bridgehead atoms. The molecule has 20 heavy (non-hydrogen) atoms. The average molecular weight is 289 g/mol. The summed E-state index contributed by atoms with van der Waals surface area (Å²) in [6.07, 6.45) is 0. The van der Waals surface area contributed by atoms with Crippen molar-refractivity contribution in [1.29, 1.82) is 5.26 Å². The smallest absolute Gasteiger partial charge is 0.262 e. The van der Waals surface area contributed by atoms with Crippen molar-refractivity contribution in [2.24, 2.45) is 0 Å². The van der Waals surface area contributed by atoms with Gasteiger partial charge in [0.25, 0.3) is 10.0 Å². The maximum Gasteiger partial charge on any atom is 0.262 e. The number of nitrogens with one attached hydrogen (secondary N) is 1. The number of nitrogens with zero attached hydrogens (tertiary/aromatic N) is 1. The molecule has 0 aromatic heterocycles. The van der Waals surface area contributed by atoms with E-state index in [0.717, 1.165) is 0 Å². The summed E-state index contributed by atoms with van der Waals surface area (Å²) < 4.78 is 26.6. The summed E-state index contributed by atoms with van der Waals surface area (Å²) in [4.78, 5) is -0.0379. The van der Waals surface area contributed by atoms with Crippen molar-refractivity contribution in [3.63, 3.8) is 0 Å². The first-order valence-electron chi connectivity index (χ1n) is 5.54. The molecule has 2 aromatic carbocycles. The Labute approximate surface area is 116 Å². The normalized spacial score (nSPS) is 10.8. The molecule has 0 aliphatic carbocycles. The molecule has 6 nitrogen and oxygen atoms in total. The van der Waals surface area contributed by atoms with Crippen LogP contribution in [0, 0.1) is 11.3 Å². The minimum absolute atomic E-state index is 0.0379. The molecule has 0 fully saturated rings. The van der Waals surface area contributed by atoms with Crippen molar-refractivity contribution in [3.8, 4) is 11.8 Å². The number of phenolic OH excluding ortho intramolecular Hbond substituents is 1.